The average Bonchev–Trinajstić information content (AvgIpc) is 2.74. The first kappa shape index (κ1) is 14.1. The van der Waals surface area contributed by atoms with Crippen LogP contribution in [0.4, 0.5) is 0 Å². The maximum atomic E-state index is 11.4. The number of hydrogen-bond donors (Lipinski definition) is 0. The van der Waals surface area contributed by atoms with Gasteiger partial charge in [0.2, 0.25) is 0 Å². The van der Waals surface area contributed by atoms with Gasteiger partial charge >= 0.3 is 0 Å². The summed E-state index contributed by atoms with van der Waals surface area (Å²) < 4.78 is 24.6. The Bertz CT molecular complexity index is 663. The molecule has 2 aromatic rings. The Morgan fingerprint density at radius 3 is 2.42 bits per heavy atom. The highest BCUT2D eigenvalue weighted by atomic mass is 35.7. The van der Waals surface area contributed by atoms with Crippen molar-refractivity contribution in [2.24, 2.45) is 0 Å². The summed E-state index contributed by atoms with van der Waals surface area (Å²) in [6.07, 6.45) is 1.49. The van der Waals surface area contributed by atoms with Crippen LogP contribution >= 0.6 is 10.7 Å². The third-order valence-corrected chi connectivity index (χ3v) is 3.92. The van der Waals surface area contributed by atoms with Gasteiger partial charge in [0.1, 0.15) is 5.82 Å². The van der Waals surface area contributed by atoms with E-state index in [0.717, 1.165) is 5.56 Å². The predicted octanol–water partition coefficient (Wildman–Crippen LogP) is 2.98. The topological polar surface area (TPSA) is 52.0 Å². The van der Waals surface area contributed by atoms with E-state index in [1.807, 2.05) is 48.7 Å². The molecule has 1 aromatic carbocycles. The summed E-state index contributed by atoms with van der Waals surface area (Å²) >= 11 is 0. The Morgan fingerprint density at radius 1 is 1.26 bits per heavy atom. The molecule has 0 saturated heterocycles. The summed E-state index contributed by atoms with van der Waals surface area (Å²) in [6.45, 7) is 4.51. The predicted molar refractivity (Wildman–Crippen MR) is 74.9 cm³/mol. The van der Waals surface area contributed by atoms with Gasteiger partial charge in [0, 0.05) is 29.3 Å². The van der Waals surface area contributed by atoms with E-state index >= 15 is 0 Å². The maximum Gasteiger partial charge on any atom is 0.280 e. The van der Waals surface area contributed by atoms with Crippen LogP contribution < -0.4 is 0 Å². The molecule has 0 aliphatic heterocycles. The Balaban J connectivity index is 2.42. The molecule has 0 N–H and O–H groups in total. The van der Waals surface area contributed by atoms with Gasteiger partial charge < -0.3 is 4.57 Å². The lowest BCUT2D eigenvalue weighted by atomic mass is 10.2. The van der Waals surface area contributed by atoms with Gasteiger partial charge in [0.15, 0.2) is 5.03 Å². The van der Waals surface area contributed by atoms with Gasteiger partial charge in [-0.2, -0.15) is 0 Å². The normalized spacial score (nSPS) is 12.0. The number of nitrogens with zero attached hydrogens (tertiary/aromatic N) is 2. The minimum absolute atomic E-state index is 0.0891. The van der Waals surface area contributed by atoms with Crippen LogP contribution in [-0.2, 0) is 15.6 Å². The average molecular weight is 299 g/mol. The Labute approximate surface area is 117 Å². The van der Waals surface area contributed by atoms with Gasteiger partial charge in [-0.05, 0) is 5.56 Å². The fourth-order valence-electron chi connectivity index (χ4n) is 1.89. The molecule has 0 spiro atoms. The fourth-order valence-corrected chi connectivity index (χ4v) is 2.57. The third-order valence-electron chi connectivity index (χ3n) is 2.75. The van der Waals surface area contributed by atoms with Crippen LogP contribution in [0.3, 0.4) is 0 Å². The number of hydrogen-bond acceptors (Lipinski definition) is 3. The molecule has 2 rings (SSSR count). The minimum Gasteiger partial charge on any atom is -0.329 e. The molecule has 0 atom stereocenters. The zero-order chi connectivity index (χ0) is 14.0. The van der Waals surface area contributed by atoms with Crippen molar-refractivity contribution < 1.29 is 8.42 Å². The van der Waals surface area contributed by atoms with Crippen LogP contribution in [0.2, 0.25) is 0 Å². The number of rotatable bonds is 4. The molecular formula is C13H15ClN2O2S. The number of aromatic nitrogens is 2. The summed E-state index contributed by atoms with van der Waals surface area (Å²) in [5, 5.41) is -0.0891. The molecule has 0 aliphatic carbocycles. The quantitative estimate of drug-likeness (QED) is 0.815. The van der Waals surface area contributed by atoms with E-state index in [9.17, 15) is 8.42 Å². The van der Waals surface area contributed by atoms with Crippen molar-refractivity contribution in [2.75, 3.05) is 0 Å². The van der Waals surface area contributed by atoms with Crippen molar-refractivity contribution in [3.63, 3.8) is 0 Å². The molecule has 4 nitrogen and oxygen atoms in total. The van der Waals surface area contributed by atoms with Crippen molar-refractivity contribution in [2.45, 2.75) is 31.3 Å². The van der Waals surface area contributed by atoms with Crippen LogP contribution in [0.1, 0.15) is 31.2 Å². The van der Waals surface area contributed by atoms with E-state index in [0.29, 0.717) is 12.4 Å². The van der Waals surface area contributed by atoms with Crippen LogP contribution in [-0.4, -0.2) is 18.0 Å². The lowest BCUT2D eigenvalue weighted by Gasteiger charge is -2.09. The molecular weight excluding hydrogens is 284 g/mol. The van der Waals surface area contributed by atoms with E-state index < -0.39 is 9.05 Å². The molecule has 0 bridgehead atoms. The monoisotopic (exact) mass is 298 g/mol. The Morgan fingerprint density at radius 2 is 1.89 bits per heavy atom. The smallest absolute Gasteiger partial charge is 0.280 e. The molecule has 19 heavy (non-hydrogen) atoms. The summed E-state index contributed by atoms with van der Waals surface area (Å²) in [5.74, 6) is 0.832. The lowest BCUT2D eigenvalue weighted by molar-refractivity contribution is 0.606. The number of halogens is 1. The van der Waals surface area contributed by atoms with E-state index in [4.69, 9.17) is 10.7 Å². The zero-order valence-electron chi connectivity index (χ0n) is 10.7. The highest BCUT2D eigenvalue weighted by Gasteiger charge is 2.19. The summed E-state index contributed by atoms with van der Waals surface area (Å²) in [6, 6.07) is 9.80. The van der Waals surface area contributed by atoms with Crippen molar-refractivity contribution in [1.82, 2.24) is 9.55 Å². The molecule has 0 fully saturated rings. The van der Waals surface area contributed by atoms with Crippen molar-refractivity contribution >= 4 is 19.7 Å². The van der Waals surface area contributed by atoms with E-state index in [1.54, 1.807) is 0 Å². The van der Waals surface area contributed by atoms with Gasteiger partial charge in [-0.15, -0.1) is 0 Å². The van der Waals surface area contributed by atoms with Crippen molar-refractivity contribution in [3.05, 3.63) is 47.9 Å². The third kappa shape index (κ3) is 3.36. The van der Waals surface area contributed by atoms with Gasteiger partial charge in [0.25, 0.3) is 9.05 Å². The Hall–Kier alpha value is -1.33. The largest absolute Gasteiger partial charge is 0.329 e. The first-order valence-corrected chi connectivity index (χ1v) is 8.24. The fraction of sp³-hybridized carbons (Fsp3) is 0.308. The second-order valence-electron chi connectivity index (χ2n) is 4.64. The van der Waals surface area contributed by atoms with Crippen LogP contribution in [0.25, 0.3) is 0 Å². The minimum atomic E-state index is -3.79. The standard InChI is InChI=1S/C13H15ClN2O2S/c1-10(2)13-15-12(19(14,17)18)9-16(13)8-11-6-4-3-5-7-11/h3-7,9-10H,8H2,1-2H3. The van der Waals surface area contributed by atoms with Crippen LogP contribution in [0, 0.1) is 0 Å². The van der Waals surface area contributed by atoms with Gasteiger partial charge in [0.05, 0.1) is 0 Å². The molecule has 0 amide bonds. The molecule has 0 radical (unpaired) electrons. The number of imidazole rings is 1. The molecule has 0 saturated carbocycles. The first-order chi connectivity index (χ1) is 8.88. The van der Waals surface area contributed by atoms with Crippen molar-refractivity contribution in [1.29, 1.82) is 0 Å². The van der Waals surface area contributed by atoms with Crippen LogP contribution in [0.15, 0.2) is 41.6 Å². The van der Waals surface area contributed by atoms with Gasteiger partial charge in [-0.25, -0.2) is 13.4 Å². The summed E-state index contributed by atoms with van der Waals surface area (Å²) in [4.78, 5) is 4.12. The molecule has 0 aliphatic rings. The summed E-state index contributed by atoms with van der Waals surface area (Å²) in [7, 11) is 1.56. The van der Waals surface area contributed by atoms with Crippen molar-refractivity contribution in [3.8, 4) is 0 Å². The second kappa shape index (κ2) is 5.35. The molecule has 0 unspecified atom stereocenters. The SMILES string of the molecule is CC(C)c1nc(S(=O)(=O)Cl)cn1Cc1ccccc1. The summed E-state index contributed by atoms with van der Waals surface area (Å²) in [5.41, 5.74) is 1.08. The highest BCUT2D eigenvalue weighted by molar-refractivity contribution is 8.13. The van der Waals surface area contributed by atoms with E-state index in [1.165, 1.54) is 6.20 Å². The zero-order valence-corrected chi connectivity index (χ0v) is 12.3. The second-order valence-corrected chi connectivity index (χ2v) is 7.16. The van der Waals surface area contributed by atoms with Gasteiger partial charge in [-0.3, -0.25) is 0 Å². The van der Waals surface area contributed by atoms with Crippen LogP contribution in [0.5, 0.6) is 0 Å². The van der Waals surface area contributed by atoms with E-state index in [-0.39, 0.29) is 10.9 Å². The van der Waals surface area contributed by atoms with E-state index in [2.05, 4.69) is 4.98 Å². The molecule has 1 aromatic heterocycles. The lowest BCUT2D eigenvalue weighted by Crippen LogP contribution is -2.05. The first-order valence-electron chi connectivity index (χ1n) is 5.93. The molecule has 1 heterocycles. The Kier molecular flexibility index (Phi) is 3.96. The highest BCUT2D eigenvalue weighted by Crippen LogP contribution is 2.20. The maximum absolute atomic E-state index is 11.4. The molecule has 102 valence electrons. The number of benzene rings is 1. The molecule has 6 heteroatoms. The van der Waals surface area contributed by atoms with Gasteiger partial charge in [-0.1, -0.05) is 44.2 Å².